The van der Waals surface area contributed by atoms with Gasteiger partial charge in [-0.05, 0) is 24.5 Å². The molecule has 1 rings (SSSR count). The summed E-state index contributed by atoms with van der Waals surface area (Å²) in [5.74, 6) is -0.261. The van der Waals surface area contributed by atoms with Crippen LogP contribution in [0.25, 0.3) is 0 Å². The van der Waals surface area contributed by atoms with Gasteiger partial charge < -0.3 is 10.4 Å². The number of nitrogens with one attached hydrogen (secondary N) is 1. The second-order valence-electron chi connectivity index (χ2n) is 3.78. The van der Waals surface area contributed by atoms with E-state index in [4.69, 9.17) is 5.11 Å². The van der Waals surface area contributed by atoms with Gasteiger partial charge in [-0.25, -0.2) is 4.39 Å². The van der Waals surface area contributed by atoms with Gasteiger partial charge in [0.15, 0.2) is 11.6 Å². The largest absolute Gasteiger partial charge is 0.505 e. The number of hydrogen-bond donors (Lipinski definition) is 2. The van der Waals surface area contributed by atoms with E-state index in [1.54, 1.807) is 6.07 Å². The zero-order valence-electron chi connectivity index (χ0n) is 8.55. The van der Waals surface area contributed by atoms with Crippen LogP contribution in [0.15, 0.2) is 18.2 Å². The van der Waals surface area contributed by atoms with Crippen molar-refractivity contribution in [1.29, 1.82) is 0 Å². The standard InChI is InChI=1S/C11H16FNO/c1-8(2)5-6-13-9-3-4-11(14)10(12)7-9/h3-4,7-8,13-14H,5-6H2,1-2H3. The number of halogens is 1. The summed E-state index contributed by atoms with van der Waals surface area (Å²) in [7, 11) is 0. The Hall–Kier alpha value is -1.25. The van der Waals surface area contributed by atoms with Crippen molar-refractivity contribution in [3.63, 3.8) is 0 Å². The molecule has 0 atom stereocenters. The number of anilines is 1. The molecule has 78 valence electrons. The lowest BCUT2D eigenvalue weighted by atomic mass is 10.1. The number of phenolic OH excluding ortho intramolecular Hbond substituents is 1. The molecule has 0 spiro atoms. The molecule has 0 radical (unpaired) electrons. The average Bonchev–Trinajstić information content (AvgIpc) is 2.10. The molecule has 1 aromatic carbocycles. The molecule has 1 aromatic rings. The lowest BCUT2D eigenvalue weighted by Crippen LogP contribution is -2.04. The lowest BCUT2D eigenvalue weighted by molar-refractivity contribution is 0.432. The van der Waals surface area contributed by atoms with Crippen molar-refractivity contribution in [1.82, 2.24) is 0 Å². The second-order valence-corrected chi connectivity index (χ2v) is 3.78. The van der Waals surface area contributed by atoms with Gasteiger partial charge in [-0.15, -0.1) is 0 Å². The summed E-state index contributed by atoms with van der Waals surface area (Å²) in [6, 6.07) is 4.32. The van der Waals surface area contributed by atoms with E-state index >= 15 is 0 Å². The normalized spacial score (nSPS) is 10.6. The first-order chi connectivity index (χ1) is 6.59. The predicted molar refractivity (Wildman–Crippen MR) is 56.0 cm³/mol. The fraction of sp³-hybridized carbons (Fsp3) is 0.455. The molecule has 0 saturated heterocycles. The monoisotopic (exact) mass is 197 g/mol. The van der Waals surface area contributed by atoms with Gasteiger partial charge in [0.25, 0.3) is 0 Å². The van der Waals surface area contributed by atoms with Crippen LogP contribution in [0.4, 0.5) is 10.1 Å². The van der Waals surface area contributed by atoms with Gasteiger partial charge in [-0.2, -0.15) is 0 Å². The van der Waals surface area contributed by atoms with Crippen molar-refractivity contribution in [3.8, 4) is 5.75 Å². The zero-order valence-corrected chi connectivity index (χ0v) is 8.55. The number of rotatable bonds is 4. The quantitative estimate of drug-likeness (QED) is 0.727. The SMILES string of the molecule is CC(C)CCNc1ccc(O)c(F)c1. The Kier molecular flexibility index (Phi) is 3.74. The molecular weight excluding hydrogens is 181 g/mol. The fourth-order valence-corrected chi connectivity index (χ4v) is 1.12. The maximum absolute atomic E-state index is 12.9. The van der Waals surface area contributed by atoms with Crippen molar-refractivity contribution in [2.24, 2.45) is 5.92 Å². The Balaban J connectivity index is 2.47. The van der Waals surface area contributed by atoms with Gasteiger partial charge in [0.1, 0.15) is 0 Å². The summed E-state index contributed by atoms with van der Waals surface area (Å²) >= 11 is 0. The minimum Gasteiger partial charge on any atom is -0.505 e. The van der Waals surface area contributed by atoms with Crippen molar-refractivity contribution in [2.45, 2.75) is 20.3 Å². The van der Waals surface area contributed by atoms with E-state index < -0.39 is 5.82 Å². The van der Waals surface area contributed by atoms with Gasteiger partial charge in [0.05, 0.1) is 0 Å². The van der Waals surface area contributed by atoms with Crippen LogP contribution >= 0.6 is 0 Å². The molecule has 0 heterocycles. The first-order valence-electron chi connectivity index (χ1n) is 4.82. The molecule has 2 nitrogen and oxygen atoms in total. The topological polar surface area (TPSA) is 32.3 Å². The molecule has 0 bridgehead atoms. The van der Waals surface area contributed by atoms with Gasteiger partial charge in [-0.1, -0.05) is 13.8 Å². The molecular formula is C11H16FNO. The molecule has 0 aromatic heterocycles. The smallest absolute Gasteiger partial charge is 0.166 e. The van der Waals surface area contributed by atoms with Crippen molar-refractivity contribution in [3.05, 3.63) is 24.0 Å². The molecule has 0 saturated carbocycles. The summed E-state index contributed by atoms with van der Waals surface area (Å²) in [6.07, 6.45) is 1.04. The summed E-state index contributed by atoms with van der Waals surface area (Å²) in [5, 5.41) is 12.0. The van der Waals surface area contributed by atoms with Gasteiger partial charge >= 0.3 is 0 Å². The minimum atomic E-state index is -0.584. The van der Waals surface area contributed by atoms with Crippen LogP contribution in [0.1, 0.15) is 20.3 Å². The molecule has 0 aliphatic heterocycles. The van der Waals surface area contributed by atoms with E-state index in [0.29, 0.717) is 11.6 Å². The first-order valence-corrected chi connectivity index (χ1v) is 4.82. The highest BCUT2D eigenvalue weighted by Crippen LogP contribution is 2.19. The Bertz CT molecular complexity index is 299. The summed E-state index contributed by atoms with van der Waals surface area (Å²) in [6.45, 7) is 5.10. The summed E-state index contributed by atoms with van der Waals surface area (Å²) < 4.78 is 12.9. The van der Waals surface area contributed by atoms with Crippen molar-refractivity contribution in [2.75, 3.05) is 11.9 Å². The van der Waals surface area contributed by atoms with E-state index in [-0.39, 0.29) is 5.75 Å². The third-order valence-corrected chi connectivity index (χ3v) is 2.00. The molecule has 0 amide bonds. The average molecular weight is 197 g/mol. The number of phenols is 1. The highest BCUT2D eigenvalue weighted by molar-refractivity contribution is 5.46. The highest BCUT2D eigenvalue weighted by Gasteiger charge is 2.01. The van der Waals surface area contributed by atoms with Crippen LogP contribution in [0.5, 0.6) is 5.75 Å². The van der Waals surface area contributed by atoms with Crippen LogP contribution < -0.4 is 5.32 Å². The van der Waals surface area contributed by atoms with E-state index in [9.17, 15) is 4.39 Å². The second kappa shape index (κ2) is 4.84. The highest BCUT2D eigenvalue weighted by atomic mass is 19.1. The Labute approximate surface area is 83.8 Å². The third kappa shape index (κ3) is 3.24. The summed E-state index contributed by atoms with van der Waals surface area (Å²) in [5.41, 5.74) is 0.709. The van der Waals surface area contributed by atoms with Crippen LogP contribution in [0.2, 0.25) is 0 Å². The molecule has 0 unspecified atom stereocenters. The van der Waals surface area contributed by atoms with Gasteiger partial charge in [-0.3, -0.25) is 0 Å². The van der Waals surface area contributed by atoms with Crippen LogP contribution in [0.3, 0.4) is 0 Å². The summed E-state index contributed by atoms with van der Waals surface area (Å²) in [4.78, 5) is 0. The lowest BCUT2D eigenvalue weighted by Gasteiger charge is -2.08. The van der Waals surface area contributed by atoms with Crippen molar-refractivity contribution < 1.29 is 9.50 Å². The molecule has 0 fully saturated rings. The van der Waals surface area contributed by atoms with E-state index in [1.165, 1.54) is 12.1 Å². The number of aromatic hydroxyl groups is 1. The molecule has 3 heteroatoms. The Morgan fingerprint density at radius 3 is 2.71 bits per heavy atom. The molecule has 2 N–H and O–H groups in total. The Morgan fingerprint density at radius 1 is 1.43 bits per heavy atom. The van der Waals surface area contributed by atoms with Crippen LogP contribution in [-0.2, 0) is 0 Å². The van der Waals surface area contributed by atoms with E-state index in [2.05, 4.69) is 19.2 Å². The number of benzene rings is 1. The zero-order chi connectivity index (χ0) is 10.6. The van der Waals surface area contributed by atoms with Crippen LogP contribution in [0, 0.1) is 11.7 Å². The first kappa shape index (κ1) is 10.8. The van der Waals surface area contributed by atoms with E-state index in [0.717, 1.165) is 13.0 Å². The van der Waals surface area contributed by atoms with E-state index in [1.807, 2.05) is 0 Å². The predicted octanol–water partition coefficient (Wildman–Crippen LogP) is 2.99. The maximum Gasteiger partial charge on any atom is 0.166 e. The molecule has 0 aliphatic rings. The number of hydrogen-bond acceptors (Lipinski definition) is 2. The fourth-order valence-electron chi connectivity index (χ4n) is 1.12. The minimum absolute atomic E-state index is 0.306. The molecule has 0 aliphatic carbocycles. The van der Waals surface area contributed by atoms with Crippen LogP contribution in [-0.4, -0.2) is 11.7 Å². The third-order valence-electron chi connectivity index (χ3n) is 2.00. The Morgan fingerprint density at radius 2 is 2.14 bits per heavy atom. The van der Waals surface area contributed by atoms with Gasteiger partial charge in [0, 0.05) is 18.3 Å². The van der Waals surface area contributed by atoms with Gasteiger partial charge in [0.2, 0.25) is 0 Å². The maximum atomic E-state index is 12.9. The molecule has 14 heavy (non-hydrogen) atoms. The van der Waals surface area contributed by atoms with Crippen molar-refractivity contribution >= 4 is 5.69 Å².